The molecule has 0 spiro atoms. The third-order valence-electron chi connectivity index (χ3n) is 5.14. The molecule has 1 N–H and O–H groups in total. The summed E-state index contributed by atoms with van der Waals surface area (Å²) in [6.45, 7) is 10.2. The van der Waals surface area contributed by atoms with Crippen molar-refractivity contribution in [3.05, 3.63) is 23.9 Å². The molecule has 2 aliphatic rings. The minimum absolute atomic E-state index is 0. The Morgan fingerprint density at radius 3 is 2.60 bits per heavy atom. The summed E-state index contributed by atoms with van der Waals surface area (Å²) in [7, 11) is 1.78. The first kappa shape index (κ1) is 24.4. The first-order chi connectivity index (χ1) is 14.1. The first-order valence-electron chi connectivity index (χ1n) is 10.3. The second-order valence-corrected chi connectivity index (χ2v) is 7.23. The molecule has 1 unspecified atom stereocenters. The van der Waals surface area contributed by atoms with Crippen molar-refractivity contribution in [3.63, 3.8) is 0 Å². The lowest BCUT2D eigenvalue weighted by atomic mass is 10.2. The number of aromatic nitrogens is 1. The zero-order valence-corrected chi connectivity index (χ0v) is 20.4. The molecule has 168 valence electrons. The Balaban J connectivity index is 0.00000320. The van der Waals surface area contributed by atoms with Crippen LogP contribution in [0.3, 0.4) is 0 Å². The van der Waals surface area contributed by atoms with E-state index >= 15 is 0 Å². The van der Waals surface area contributed by atoms with Crippen LogP contribution in [-0.4, -0.2) is 92.5 Å². The van der Waals surface area contributed by atoms with Crippen molar-refractivity contribution >= 4 is 41.8 Å². The summed E-state index contributed by atoms with van der Waals surface area (Å²) in [5.74, 6) is 1.82. The Bertz CT molecular complexity index is 694. The molecule has 9 nitrogen and oxygen atoms in total. The van der Waals surface area contributed by atoms with Crippen LogP contribution in [0.2, 0.25) is 0 Å². The van der Waals surface area contributed by atoms with Gasteiger partial charge in [0, 0.05) is 59.1 Å². The summed E-state index contributed by atoms with van der Waals surface area (Å²) < 4.78 is 10.7. The lowest BCUT2D eigenvalue weighted by molar-refractivity contribution is 0.0529. The average molecular weight is 532 g/mol. The van der Waals surface area contributed by atoms with E-state index in [2.05, 4.69) is 44.1 Å². The summed E-state index contributed by atoms with van der Waals surface area (Å²) >= 11 is 0. The van der Waals surface area contributed by atoms with Gasteiger partial charge in [0.2, 0.25) is 0 Å². The van der Waals surface area contributed by atoms with Crippen molar-refractivity contribution in [2.45, 2.75) is 26.5 Å². The van der Waals surface area contributed by atoms with Gasteiger partial charge in [-0.2, -0.15) is 0 Å². The van der Waals surface area contributed by atoms with Gasteiger partial charge in [-0.15, -0.1) is 24.0 Å². The van der Waals surface area contributed by atoms with Gasteiger partial charge in [-0.1, -0.05) is 6.07 Å². The van der Waals surface area contributed by atoms with E-state index in [4.69, 9.17) is 9.47 Å². The maximum Gasteiger partial charge on any atom is 0.409 e. The highest BCUT2D eigenvalue weighted by molar-refractivity contribution is 14.0. The van der Waals surface area contributed by atoms with Gasteiger partial charge in [-0.3, -0.25) is 4.99 Å². The molecule has 10 heteroatoms. The van der Waals surface area contributed by atoms with E-state index in [1.165, 1.54) is 0 Å². The van der Waals surface area contributed by atoms with Crippen LogP contribution in [0.5, 0.6) is 0 Å². The molecule has 3 rings (SSSR count). The number of nitrogens with one attached hydrogen (secondary N) is 1. The summed E-state index contributed by atoms with van der Waals surface area (Å²) in [6, 6.07) is 4.16. The van der Waals surface area contributed by atoms with E-state index in [1.54, 1.807) is 11.9 Å². The zero-order chi connectivity index (χ0) is 20.6. The molecule has 0 aromatic carbocycles. The third kappa shape index (κ3) is 6.59. The lowest BCUT2D eigenvalue weighted by Gasteiger charge is -2.35. The SMILES string of the molecule is CCOC(=O)N1CCN(C(=NC)NCc2ccc(N3CCOC(C)C3)nc2)CC1.I. The number of piperazine rings is 1. The molecular weight excluding hydrogens is 499 g/mol. The predicted octanol–water partition coefficient (Wildman–Crippen LogP) is 1.77. The first-order valence-corrected chi connectivity index (χ1v) is 10.3. The van der Waals surface area contributed by atoms with Gasteiger partial charge in [0.15, 0.2) is 5.96 Å². The normalized spacial score (nSPS) is 19.9. The van der Waals surface area contributed by atoms with Gasteiger partial charge < -0.3 is 29.5 Å². The van der Waals surface area contributed by atoms with Crippen LogP contribution in [0, 0.1) is 0 Å². The van der Waals surface area contributed by atoms with Crippen molar-refractivity contribution in [1.29, 1.82) is 0 Å². The number of ether oxygens (including phenoxy) is 2. The van der Waals surface area contributed by atoms with Gasteiger partial charge in [-0.25, -0.2) is 9.78 Å². The van der Waals surface area contributed by atoms with Crippen LogP contribution in [0.4, 0.5) is 10.6 Å². The molecule has 2 aliphatic heterocycles. The summed E-state index contributed by atoms with van der Waals surface area (Å²) in [5.41, 5.74) is 1.10. The molecule has 1 aromatic heterocycles. The minimum atomic E-state index is -0.240. The molecule has 2 fully saturated rings. The maximum atomic E-state index is 11.8. The number of hydrogen-bond donors (Lipinski definition) is 1. The van der Waals surface area contributed by atoms with E-state index in [1.807, 2.05) is 13.1 Å². The number of pyridine rings is 1. The van der Waals surface area contributed by atoms with Crippen LogP contribution in [0.1, 0.15) is 19.4 Å². The van der Waals surface area contributed by atoms with Crippen molar-refractivity contribution in [2.75, 3.05) is 64.4 Å². The van der Waals surface area contributed by atoms with E-state index in [-0.39, 0.29) is 36.2 Å². The molecule has 0 aliphatic carbocycles. The number of morpholine rings is 1. The van der Waals surface area contributed by atoms with Crippen molar-refractivity contribution in [3.8, 4) is 0 Å². The number of aliphatic imine (C=N–C) groups is 1. The summed E-state index contributed by atoms with van der Waals surface area (Å²) in [5, 5.41) is 3.40. The van der Waals surface area contributed by atoms with Crippen LogP contribution < -0.4 is 10.2 Å². The molecule has 30 heavy (non-hydrogen) atoms. The zero-order valence-electron chi connectivity index (χ0n) is 18.0. The summed E-state index contributed by atoms with van der Waals surface area (Å²) in [4.78, 5) is 27.0. The molecule has 1 aromatic rings. The van der Waals surface area contributed by atoms with E-state index in [0.717, 1.165) is 50.1 Å². The molecule has 1 atom stereocenters. The standard InChI is InChI=1S/C20H32N6O3.HI/c1-4-28-20(27)25-9-7-24(8-10-25)19(21-3)23-14-17-5-6-18(22-13-17)26-11-12-29-16(2)15-26;/h5-6,13,16H,4,7-12,14-15H2,1-3H3,(H,21,23);1H. The quantitative estimate of drug-likeness (QED) is 0.360. The second-order valence-electron chi connectivity index (χ2n) is 7.23. The topological polar surface area (TPSA) is 82.5 Å². The van der Waals surface area contributed by atoms with Gasteiger partial charge in [0.1, 0.15) is 5.82 Å². The number of halogens is 1. The average Bonchev–Trinajstić information content (AvgIpc) is 2.75. The van der Waals surface area contributed by atoms with Crippen molar-refractivity contribution < 1.29 is 14.3 Å². The monoisotopic (exact) mass is 532 g/mol. The number of guanidine groups is 1. The number of anilines is 1. The third-order valence-corrected chi connectivity index (χ3v) is 5.14. The van der Waals surface area contributed by atoms with Crippen LogP contribution >= 0.6 is 24.0 Å². The number of nitrogens with zero attached hydrogens (tertiary/aromatic N) is 5. The van der Waals surface area contributed by atoms with E-state index in [9.17, 15) is 4.79 Å². The Morgan fingerprint density at radius 1 is 1.27 bits per heavy atom. The molecule has 3 heterocycles. The lowest BCUT2D eigenvalue weighted by Crippen LogP contribution is -2.53. The van der Waals surface area contributed by atoms with Gasteiger partial charge in [0.25, 0.3) is 0 Å². The van der Waals surface area contributed by atoms with Crippen LogP contribution in [0.15, 0.2) is 23.3 Å². The highest BCUT2D eigenvalue weighted by Crippen LogP contribution is 2.15. The van der Waals surface area contributed by atoms with Gasteiger partial charge in [-0.05, 0) is 25.5 Å². The fourth-order valence-corrected chi connectivity index (χ4v) is 3.56. The number of amides is 1. The largest absolute Gasteiger partial charge is 0.450 e. The van der Waals surface area contributed by atoms with E-state index < -0.39 is 0 Å². The van der Waals surface area contributed by atoms with Crippen molar-refractivity contribution in [2.24, 2.45) is 4.99 Å². The highest BCUT2D eigenvalue weighted by atomic mass is 127. The highest BCUT2D eigenvalue weighted by Gasteiger charge is 2.23. The van der Waals surface area contributed by atoms with Crippen LogP contribution in [0.25, 0.3) is 0 Å². The second kappa shape index (κ2) is 12.1. The number of carbonyl (C=O) groups is 1. The summed E-state index contributed by atoms with van der Waals surface area (Å²) in [6.07, 6.45) is 1.91. The Kier molecular flexibility index (Phi) is 9.89. The molecular formula is C20H33IN6O3. The number of rotatable bonds is 4. The smallest absolute Gasteiger partial charge is 0.409 e. The Hall–Kier alpha value is -1.82. The van der Waals surface area contributed by atoms with Gasteiger partial charge >= 0.3 is 6.09 Å². The predicted molar refractivity (Wildman–Crippen MR) is 128 cm³/mol. The molecule has 1 amide bonds. The van der Waals surface area contributed by atoms with Gasteiger partial charge in [0.05, 0.1) is 19.3 Å². The molecule has 0 bridgehead atoms. The maximum absolute atomic E-state index is 11.8. The Morgan fingerprint density at radius 2 is 2.00 bits per heavy atom. The molecule has 0 saturated carbocycles. The van der Waals surface area contributed by atoms with Crippen LogP contribution in [-0.2, 0) is 16.0 Å². The van der Waals surface area contributed by atoms with Crippen molar-refractivity contribution in [1.82, 2.24) is 20.1 Å². The fraction of sp³-hybridized carbons (Fsp3) is 0.650. The minimum Gasteiger partial charge on any atom is -0.450 e. The fourth-order valence-electron chi connectivity index (χ4n) is 3.56. The molecule has 0 radical (unpaired) electrons. The number of hydrogen-bond acceptors (Lipinski definition) is 6. The van der Waals surface area contributed by atoms with E-state index in [0.29, 0.717) is 26.2 Å². The Labute approximate surface area is 195 Å². The number of carbonyl (C=O) groups excluding carboxylic acids is 1. The molecule has 2 saturated heterocycles.